The highest BCUT2D eigenvalue weighted by molar-refractivity contribution is 6.15. The Morgan fingerprint density at radius 2 is 1.12 bits per heavy atom. The highest BCUT2D eigenvalue weighted by atomic mass is 14.4. The molecule has 0 unspecified atom stereocenters. The molecule has 0 atom stereocenters. The van der Waals surface area contributed by atoms with Crippen molar-refractivity contribution in [1.29, 1.82) is 0 Å². The summed E-state index contributed by atoms with van der Waals surface area (Å²) in [5.41, 5.74) is 6.58. The molecule has 0 heteroatoms. The average molecular weight is 551 g/mol. The second-order valence-corrected chi connectivity index (χ2v) is 12.2. The molecule has 0 amide bonds. The smallest absolute Gasteiger partial charge is 0.0616 e. The number of benzene rings is 8. The van der Waals surface area contributed by atoms with Gasteiger partial charge < -0.3 is 0 Å². The first-order chi connectivity index (χ1) is 22.7. The molecule has 0 aliphatic heterocycles. The van der Waals surface area contributed by atoms with Crippen molar-refractivity contribution in [3.8, 4) is 33.4 Å². The molecule has 0 fully saturated rings. The van der Waals surface area contributed by atoms with Gasteiger partial charge >= 0.3 is 0 Å². The first kappa shape index (κ1) is 20.6. The lowest BCUT2D eigenvalue weighted by atomic mass is 9.81. The molecule has 8 aromatic carbocycles. The van der Waals surface area contributed by atoms with Crippen molar-refractivity contribution in [2.45, 2.75) is 19.3 Å². The monoisotopic (exact) mass is 550 g/mol. The zero-order valence-corrected chi connectivity index (χ0v) is 24.0. The molecular weight excluding hydrogens is 516 g/mol. The van der Waals surface area contributed by atoms with Crippen LogP contribution in [-0.4, -0.2) is 0 Å². The predicted octanol–water partition coefficient (Wildman–Crippen LogP) is 11.9. The summed E-state index contributed by atoms with van der Waals surface area (Å²) in [5.74, 6) is 0. The summed E-state index contributed by atoms with van der Waals surface area (Å²) in [6.07, 6.45) is 0. The van der Waals surface area contributed by atoms with Gasteiger partial charge in [-0.1, -0.05) is 141 Å². The van der Waals surface area contributed by atoms with Gasteiger partial charge in [0.2, 0.25) is 0 Å². The zero-order chi connectivity index (χ0) is 32.2. The highest BCUT2D eigenvalue weighted by Gasteiger charge is 2.36. The van der Waals surface area contributed by atoms with Gasteiger partial charge in [-0.05, 0) is 106 Å². The van der Waals surface area contributed by atoms with Gasteiger partial charge in [0.15, 0.2) is 0 Å². The second kappa shape index (κ2) is 8.90. The fourth-order valence-electron chi connectivity index (χ4n) is 7.25. The molecule has 1 aliphatic carbocycles. The number of fused-ring (bicyclic) bond motifs is 9. The Kier molecular flexibility index (Phi) is 4.27. The van der Waals surface area contributed by atoms with Gasteiger partial charge in [0.1, 0.15) is 0 Å². The third-order valence-electron chi connectivity index (χ3n) is 9.49. The summed E-state index contributed by atoms with van der Waals surface area (Å²) in [6.45, 7) is 4.45. The molecule has 0 heterocycles. The molecule has 9 rings (SSSR count). The van der Waals surface area contributed by atoms with Crippen LogP contribution in [0.2, 0.25) is 0 Å². The van der Waals surface area contributed by atoms with E-state index in [4.69, 9.17) is 0 Å². The molecular formula is C43H30. The minimum Gasteiger partial charge on any atom is -0.0616 e. The van der Waals surface area contributed by atoms with Crippen LogP contribution in [0, 0.1) is 0 Å². The molecule has 0 spiro atoms. The van der Waals surface area contributed by atoms with Gasteiger partial charge in [-0.15, -0.1) is 0 Å². The molecule has 0 saturated heterocycles. The number of hydrogen-bond acceptors (Lipinski definition) is 0. The zero-order valence-electron chi connectivity index (χ0n) is 28.0. The normalized spacial score (nSPS) is 14.8. The maximum Gasteiger partial charge on any atom is 0.0629 e. The summed E-state index contributed by atoms with van der Waals surface area (Å²) in [6, 6.07) is 41.7. The van der Waals surface area contributed by atoms with Crippen LogP contribution in [0.25, 0.3) is 76.5 Å². The van der Waals surface area contributed by atoms with E-state index in [1.807, 2.05) is 36.4 Å². The van der Waals surface area contributed by atoms with Crippen LogP contribution in [0.15, 0.2) is 145 Å². The van der Waals surface area contributed by atoms with Crippen molar-refractivity contribution in [2.24, 2.45) is 0 Å². The summed E-state index contributed by atoms with van der Waals surface area (Å²) < 4.78 is 36.9. The topological polar surface area (TPSA) is 0 Å². The van der Waals surface area contributed by atoms with Crippen molar-refractivity contribution in [2.75, 3.05) is 0 Å². The van der Waals surface area contributed by atoms with Gasteiger partial charge in [0.05, 0.1) is 5.48 Å². The lowest BCUT2D eigenvalue weighted by Crippen LogP contribution is -2.15. The van der Waals surface area contributed by atoms with E-state index < -0.39 is 0 Å². The summed E-state index contributed by atoms with van der Waals surface area (Å²) in [4.78, 5) is 0. The van der Waals surface area contributed by atoms with Crippen LogP contribution in [0.1, 0.15) is 30.5 Å². The minimum absolute atomic E-state index is 0.0245. The van der Waals surface area contributed by atoms with E-state index >= 15 is 0 Å². The van der Waals surface area contributed by atoms with E-state index in [0.717, 1.165) is 38.1 Å². The summed E-state index contributed by atoms with van der Waals surface area (Å²) in [5, 5.41) is 8.91. The van der Waals surface area contributed by atoms with Crippen LogP contribution >= 0.6 is 0 Å². The van der Waals surface area contributed by atoms with E-state index in [9.17, 15) is 5.48 Å². The fraction of sp³-hybridized carbons (Fsp3) is 0.0698. The van der Waals surface area contributed by atoms with Gasteiger partial charge in [-0.25, -0.2) is 0 Å². The summed E-state index contributed by atoms with van der Waals surface area (Å²) in [7, 11) is 0. The van der Waals surface area contributed by atoms with Crippen LogP contribution in [0.3, 0.4) is 0 Å². The van der Waals surface area contributed by atoms with Crippen molar-refractivity contribution in [1.82, 2.24) is 0 Å². The first-order valence-corrected chi connectivity index (χ1v) is 14.9. The van der Waals surface area contributed by atoms with Crippen LogP contribution in [0.5, 0.6) is 0 Å². The van der Waals surface area contributed by atoms with Crippen LogP contribution < -0.4 is 0 Å². The lowest BCUT2D eigenvalue weighted by Gasteiger charge is -2.22. The van der Waals surface area contributed by atoms with Gasteiger partial charge in [0.25, 0.3) is 0 Å². The quantitative estimate of drug-likeness (QED) is 0.148. The highest BCUT2D eigenvalue weighted by Crippen LogP contribution is 2.52. The minimum atomic E-state index is -0.278. The predicted molar refractivity (Wildman–Crippen MR) is 185 cm³/mol. The van der Waals surface area contributed by atoms with E-state index in [0.29, 0.717) is 22.3 Å². The maximum atomic E-state index is 9.24. The molecule has 0 N–H and O–H groups in total. The fourth-order valence-corrected chi connectivity index (χ4v) is 7.25. The Balaban J connectivity index is 1.23. The third-order valence-corrected chi connectivity index (χ3v) is 9.49. The molecule has 1 aliphatic rings. The second-order valence-electron chi connectivity index (χ2n) is 12.2. The average Bonchev–Trinajstić information content (AvgIpc) is 3.32. The van der Waals surface area contributed by atoms with Gasteiger partial charge in [0, 0.05) is 5.41 Å². The van der Waals surface area contributed by atoms with Crippen LogP contribution in [0.4, 0.5) is 0 Å². The van der Waals surface area contributed by atoms with Crippen molar-refractivity contribution >= 4 is 43.1 Å². The molecule has 43 heavy (non-hydrogen) atoms. The van der Waals surface area contributed by atoms with E-state index in [1.165, 1.54) is 27.3 Å². The van der Waals surface area contributed by atoms with E-state index in [-0.39, 0.29) is 29.6 Å². The van der Waals surface area contributed by atoms with Gasteiger partial charge in [-0.3, -0.25) is 0 Å². The maximum absolute atomic E-state index is 9.24. The van der Waals surface area contributed by atoms with Crippen molar-refractivity contribution < 1.29 is 5.48 Å². The lowest BCUT2D eigenvalue weighted by molar-refractivity contribution is 0.661. The standard InChI is InChI=1S/C43H30/c1-43(2)40-23-20-28-8-5-6-11-35(28)42(40)38-22-18-32(26-41(38)43)27-14-16-29(17-15-27)34-12-7-13-36-37(34)21-19-33-24-30-9-3-4-10-31(30)25-39(33)36/h3-26H,1-2H3/i14D,15D,16D,17D. The number of rotatable bonds is 2. The molecule has 0 bridgehead atoms. The Bertz CT molecular complexity index is 2620. The molecule has 8 aromatic rings. The Labute approximate surface area is 257 Å². The SMILES string of the molecule is [2H]c1c([2H])c(-c2cccc3c2ccc2cc4ccccc4cc23)c([2H])c([2H])c1-c1ccc2c(c1)C(C)(C)c1ccc3ccccc3c1-2. The Hall–Kier alpha value is -5.20. The van der Waals surface area contributed by atoms with Gasteiger partial charge in [-0.2, -0.15) is 0 Å². The Morgan fingerprint density at radius 1 is 0.419 bits per heavy atom. The third kappa shape index (κ3) is 3.57. The van der Waals surface area contributed by atoms with E-state index in [1.54, 1.807) is 0 Å². The Morgan fingerprint density at radius 3 is 1.95 bits per heavy atom. The largest absolute Gasteiger partial charge is 0.0629 e. The molecule has 202 valence electrons. The van der Waals surface area contributed by atoms with Crippen molar-refractivity contribution in [3.05, 3.63) is 157 Å². The molecule has 0 nitrogen and oxygen atoms in total. The molecule has 0 aromatic heterocycles. The molecule has 0 radical (unpaired) electrons. The molecule has 0 saturated carbocycles. The first-order valence-electron chi connectivity index (χ1n) is 16.9. The summed E-state index contributed by atoms with van der Waals surface area (Å²) >= 11 is 0. The van der Waals surface area contributed by atoms with Crippen LogP contribution in [-0.2, 0) is 5.41 Å². The van der Waals surface area contributed by atoms with E-state index in [2.05, 4.69) is 98.8 Å². The number of hydrogen-bond donors (Lipinski definition) is 0. The van der Waals surface area contributed by atoms with Crippen molar-refractivity contribution in [3.63, 3.8) is 0 Å².